The number of aryl methyl sites for hydroxylation is 2. The van der Waals surface area contributed by atoms with Crippen molar-refractivity contribution in [1.29, 1.82) is 0 Å². The van der Waals surface area contributed by atoms with E-state index in [2.05, 4.69) is 26.0 Å². The van der Waals surface area contributed by atoms with Gasteiger partial charge in [0, 0.05) is 14.2 Å². The topological polar surface area (TPSA) is 35.5 Å². The van der Waals surface area contributed by atoms with Crippen LogP contribution in [0.15, 0.2) is 18.2 Å². The molecular weight excluding hydrogens is 240 g/mol. The third-order valence-corrected chi connectivity index (χ3v) is 3.33. The molecule has 1 rings (SSSR count). The molecule has 3 nitrogen and oxygen atoms in total. The van der Waals surface area contributed by atoms with Gasteiger partial charge in [0.2, 0.25) is 0 Å². The van der Waals surface area contributed by atoms with Crippen LogP contribution in [0, 0.1) is 20.8 Å². The summed E-state index contributed by atoms with van der Waals surface area (Å²) in [5.41, 5.74) is 4.71. The Morgan fingerprint density at radius 1 is 1.16 bits per heavy atom. The largest absolute Gasteiger partial charge is 0.355 e. The Bertz CT molecular complexity index is 471. The Morgan fingerprint density at radius 2 is 1.74 bits per heavy atom. The zero-order chi connectivity index (χ0) is 14.4. The van der Waals surface area contributed by atoms with Gasteiger partial charge in [0.1, 0.15) is 0 Å². The highest BCUT2D eigenvalue weighted by molar-refractivity contribution is 5.94. The summed E-state index contributed by atoms with van der Waals surface area (Å²) in [6.07, 6.45) is 3.23. The predicted molar refractivity (Wildman–Crippen MR) is 77.1 cm³/mol. The summed E-state index contributed by atoms with van der Waals surface area (Å²) in [5.74, 6) is -0.00555. The highest BCUT2D eigenvalue weighted by atomic mass is 16.7. The predicted octanol–water partition coefficient (Wildman–Crippen LogP) is 3.20. The Hall–Kier alpha value is -1.45. The third-order valence-electron chi connectivity index (χ3n) is 3.33. The summed E-state index contributed by atoms with van der Waals surface area (Å²) in [5, 5.41) is 0. The van der Waals surface area contributed by atoms with E-state index in [-0.39, 0.29) is 12.2 Å². The minimum Gasteiger partial charge on any atom is -0.355 e. The zero-order valence-electron chi connectivity index (χ0n) is 12.3. The molecule has 3 heteroatoms. The van der Waals surface area contributed by atoms with Crippen LogP contribution < -0.4 is 0 Å². The van der Waals surface area contributed by atoms with Crippen molar-refractivity contribution in [2.24, 2.45) is 0 Å². The number of rotatable bonds is 6. The zero-order valence-corrected chi connectivity index (χ0v) is 12.3. The molecule has 1 aromatic rings. The normalized spacial score (nSPS) is 11.5. The van der Waals surface area contributed by atoms with Crippen molar-refractivity contribution in [2.45, 2.75) is 33.5 Å². The van der Waals surface area contributed by atoms with E-state index < -0.39 is 6.29 Å². The fourth-order valence-electron chi connectivity index (χ4n) is 1.90. The molecule has 0 radical (unpaired) electrons. The maximum Gasteiger partial charge on any atom is 0.164 e. The van der Waals surface area contributed by atoms with Gasteiger partial charge in [-0.1, -0.05) is 18.2 Å². The van der Waals surface area contributed by atoms with E-state index in [1.165, 1.54) is 30.9 Å². The average molecular weight is 262 g/mol. The first-order valence-electron chi connectivity index (χ1n) is 6.33. The van der Waals surface area contributed by atoms with Gasteiger partial charge in [0.25, 0.3) is 0 Å². The SMILES string of the molecule is COC(CC(=O)/C=C/c1c(C)ccc(C)c1C)OC. The number of hydrogen-bond donors (Lipinski definition) is 0. The van der Waals surface area contributed by atoms with Crippen LogP contribution in [0.5, 0.6) is 0 Å². The van der Waals surface area contributed by atoms with Gasteiger partial charge in [0.05, 0.1) is 6.42 Å². The maximum atomic E-state index is 11.8. The summed E-state index contributed by atoms with van der Waals surface area (Å²) in [6.45, 7) is 6.18. The van der Waals surface area contributed by atoms with E-state index in [0.29, 0.717) is 0 Å². The van der Waals surface area contributed by atoms with Gasteiger partial charge in [-0.05, 0) is 49.1 Å². The molecule has 0 spiro atoms. The lowest BCUT2D eigenvalue weighted by atomic mass is 9.98. The van der Waals surface area contributed by atoms with Crippen LogP contribution >= 0.6 is 0 Å². The van der Waals surface area contributed by atoms with Gasteiger partial charge < -0.3 is 9.47 Å². The van der Waals surface area contributed by atoms with E-state index in [1.807, 2.05) is 13.0 Å². The summed E-state index contributed by atoms with van der Waals surface area (Å²) in [7, 11) is 3.06. The van der Waals surface area contributed by atoms with E-state index in [9.17, 15) is 4.79 Å². The molecular formula is C16H22O3. The molecule has 0 aromatic heterocycles. The molecule has 0 aliphatic carbocycles. The lowest BCUT2D eigenvalue weighted by molar-refractivity contribution is -0.133. The van der Waals surface area contributed by atoms with Crippen molar-refractivity contribution in [3.63, 3.8) is 0 Å². The van der Waals surface area contributed by atoms with E-state index >= 15 is 0 Å². The summed E-state index contributed by atoms with van der Waals surface area (Å²) in [4.78, 5) is 11.8. The van der Waals surface area contributed by atoms with E-state index in [0.717, 1.165) is 5.56 Å². The van der Waals surface area contributed by atoms with Crippen molar-refractivity contribution >= 4 is 11.9 Å². The number of benzene rings is 1. The van der Waals surface area contributed by atoms with Gasteiger partial charge in [-0.2, -0.15) is 0 Å². The molecule has 19 heavy (non-hydrogen) atoms. The molecule has 0 bridgehead atoms. The van der Waals surface area contributed by atoms with Gasteiger partial charge in [-0.15, -0.1) is 0 Å². The molecule has 0 saturated heterocycles. The third kappa shape index (κ3) is 4.30. The molecule has 0 aliphatic rings. The summed E-state index contributed by atoms with van der Waals surface area (Å²) in [6, 6.07) is 4.16. The quantitative estimate of drug-likeness (QED) is 0.583. The number of methoxy groups -OCH3 is 2. The minimum atomic E-state index is -0.475. The van der Waals surface area contributed by atoms with Crippen LogP contribution in [0.25, 0.3) is 6.08 Å². The lowest BCUT2D eigenvalue weighted by Gasteiger charge is -2.11. The number of hydrogen-bond acceptors (Lipinski definition) is 3. The van der Waals surface area contributed by atoms with Crippen molar-refractivity contribution in [3.8, 4) is 0 Å². The Kier molecular flexibility index (Phi) is 5.93. The van der Waals surface area contributed by atoms with Crippen molar-refractivity contribution in [2.75, 3.05) is 14.2 Å². The fraction of sp³-hybridized carbons (Fsp3) is 0.438. The van der Waals surface area contributed by atoms with Crippen LogP contribution in [-0.2, 0) is 14.3 Å². The van der Waals surface area contributed by atoms with Crippen LogP contribution in [0.3, 0.4) is 0 Å². The van der Waals surface area contributed by atoms with Crippen LogP contribution in [-0.4, -0.2) is 26.3 Å². The molecule has 0 heterocycles. The van der Waals surface area contributed by atoms with Crippen molar-refractivity contribution in [1.82, 2.24) is 0 Å². The van der Waals surface area contributed by atoms with Gasteiger partial charge in [-0.25, -0.2) is 0 Å². The van der Waals surface area contributed by atoms with Crippen LogP contribution in [0.1, 0.15) is 28.7 Å². The second-order valence-electron chi connectivity index (χ2n) is 4.64. The second-order valence-corrected chi connectivity index (χ2v) is 4.64. The number of ketones is 1. The summed E-state index contributed by atoms with van der Waals surface area (Å²) < 4.78 is 10.0. The Labute approximate surface area is 115 Å². The Balaban J connectivity index is 2.82. The second kappa shape index (κ2) is 7.22. The molecule has 1 aromatic carbocycles. The standard InChI is InChI=1S/C16H22O3/c1-11-6-7-12(2)15(13(11)3)9-8-14(17)10-16(18-4)19-5/h6-9,16H,10H2,1-5H3/b9-8+. The first-order chi connectivity index (χ1) is 8.99. The van der Waals surface area contributed by atoms with Crippen LogP contribution in [0.2, 0.25) is 0 Å². The minimum absolute atomic E-state index is 0.00555. The highest BCUT2D eigenvalue weighted by Crippen LogP contribution is 2.19. The number of carbonyl (C=O) groups is 1. The first-order valence-corrected chi connectivity index (χ1v) is 6.33. The fourth-order valence-corrected chi connectivity index (χ4v) is 1.90. The molecule has 0 saturated carbocycles. The van der Waals surface area contributed by atoms with E-state index in [4.69, 9.17) is 9.47 Å². The smallest absolute Gasteiger partial charge is 0.164 e. The molecule has 0 N–H and O–H groups in total. The highest BCUT2D eigenvalue weighted by Gasteiger charge is 2.10. The average Bonchev–Trinajstić information content (AvgIpc) is 2.40. The van der Waals surface area contributed by atoms with Gasteiger partial charge in [-0.3, -0.25) is 4.79 Å². The van der Waals surface area contributed by atoms with Crippen LogP contribution in [0.4, 0.5) is 0 Å². The molecule has 0 amide bonds. The van der Waals surface area contributed by atoms with Crippen molar-refractivity contribution in [3.05, 3.63) is 40.5 Å². The number of carbonyl (C=O) groups excluding carboxylic acids is 1. The molecule has 0 unspecified atom stereocenters. The maximum absolute atomic E-state index is 11.8. The molecule has 0 fully saturated rings. The van der Waals surface area contributed by atoms with Gasteiger partial charge in [0.15, 0.2) is 12.1 Å². The summed E-state index contributed by atoms with van der Waals surface area (Å²) >= 11 is 0. The van der Waals surface area contributed by atoms with Crippen molar-refractivity contribution < 1.29 is 14.3 Å². The monoisotopic (exact) mass is 262 g/mol. The first kappa shape index (κ1) is 15.6. The number of ether oxygens (including phenoxy) is 2. The molecule has 104 valence electrons. The lowest BCUT2D eigenvalue weighted by Crippen LogP contribution is -2.16. The van der Waals surface area contributed by atoms with Gasteiger partial charge >= 0.3 is 0 Å². The molecule has 0 aliphatic heterocycles. The Morgan fingerprint density at radius 3 is 2.32 bits per heavy atom. The number of allylic oxidation sites excluding steroid dienone is 1. The van der Waals surface area contributed by atoms with E-state index in [1.54, 1.807) is 6.08 Å². The molecule has 0 atom stereocenters.